The smallest absolute Gasteiger partial charge is 0.414 e. The highest BCUT2D eigenvalue weighted by Crippen LogP contribution is 2.25. The van der Waals surface area contributed by atoms with Gasteiger partial charge >= 0.3 is 6.09 Å². The van der Waals surface area contributed by atoms with Gasteiger partial charge in [-0.25, -0.2) is 4.79 Å². The maximum absolute atomic E-state index is 12.6. The Kier molecular flexibility index (Phi) is 6.55. The summed E-state index contributed by atoms with van der Waals surface area (Å²) in [6.45, 7) is 1.37. The SMILES string of the molecule is CNC(=O)c1ccccc1C(=O)NCC1CN(c2ccc(N3CCOCC3=O)cc2)C(=O)O1. The van der Waals surface area contributed by atoms with Crippen molar-refractivity contribution in [3.05, 3.63) is 59.7 Å². The zero-order valence-corrected chi connectivity index (χ0v) is 18.1. The number of carbonyl (C=O) groups is 4. The monoisotopic (exact) mass is 452 g/mol. The Morgan fingerprint density at radius 2 is 1.61 bits per heavy atom. The molecule has 0 bridgehead atoms. The van der Waals surface area contributed by atoms with E-state index in [0.717, 1.165) is 5.69 Å². The summed E-state index contributed by atoms with van der Waals surface area (Å²) in [6, 6.07) is 13.5. The molecule has 33 heavy (non-hydrogen) atoms. The van der Waals surface area contributed by atoms with E-state index in [2.05, 4.69) is 10.6 Å². The number of hydrogen-bond donors (Lipinski definition) is 2. The van der Waals surface area contributed by atoms with Crippen molar-refractivity contribution in [2.24, 2.45) is 0 Å². The number of hydrogen-bond acceptors (Lipinski definition) is 6. The lowest BCUT2D eigenvalue weighted by molar-refractivity contribution is -0.125. The van der Waals surface area contributed by atoms with Crippen LogP contribution in [-0.2, 0) is 14.3 Å². The average Bonchev–Trinajstić information content (AvgIpc) is 3.23. The normalized spacial score (nSPS) is 18.2. The van der Waals surface area contributed by atoms with Crippen LogP contribution in [0.15, 0.2) is 48.5 Å². The van der Waals surface area contributed by atoms with Crippen molar-refractivity contribution in [3.63, 3.8) is 0 Å². The number of cyclic esters (lactones) is 1. The van der Waals surface area contributed by atoms with Crippen LogP contribution in [0.5, 0.6) is 0 Å². The van der Waals surface area contributed by atoms with E-state index in [1.807, 2.05) is 0 Å². The molecule has 4 amide bonds. The Labute approximate surface area is 190 Å². The van der Waals surface area contributed by atoms with E-state index in [-0.39, 0.29) is 42.6 Å². The van der Waals surface area contributed by atoms with E-state index < -0.39 is 18.1 Å². The second-order valence-corrected chi connectivity index (χ2v) is 7.57. The predicted octanol–water partition coefficient (Wildman–Crippen LogP) is 1.16. The maximum atomic E-state index is 12.6. The van der Waals surface area contributed by atoms with Gasteiger partial charge in [-0.05, 0) is 36.4 Å². The molecule has 0 spiro atoms. The van der Waals surface area contributed by atoms with Crippen molar-refractivity contribution >= 4 is 35.2 Å². The Morgan fingerprint density at radius 1 is 0.970 bits per heavy atom. The minimum atomic E-state index is -0.547. The number of nitrogens with one attached hydrogen (secondary N) is 2. The molecular formula is C23H24N4O6. The zero-order valence-electron chi connectivity index (χ0n) is 18.1. The van der Waals surface area contributed by atoms with Gasteiger partial charge in [-0.2, -0.15) is 0 Å². The number of anilines is 2. The van der Waals surface area contributed by atoms with Crippen molar-refractivity contribution in [1.82, 2.24) is 10.6 Å². The van der Waals surface area contributed by atoms with Crippen molar-refractivity contribution < 1.29 is 28.7 Å². The fourth-order valence-corrected chi connectivity index (χ4v) is 3.76. The fraction of sp³-hybridized carbons (Fsp3) is 0.304. The van der Waals surface area contributed by atoms with Crippen molar-refractivity contribution in [1.29, 1.82) is 0 Å². The summed E-state index contributed by atoms with van der Waals surface area (Å²) in [5, 5.41) is 5.24. The van der Waals surface area contributed by atoms with E-state index in [0.29, 0.717) is 18.8 Å². The predicted molar refractivity (Wildman–Crippen MR) is 119 cm³/mol. The van der Waals surface area contributed by atoms with Gasteiger partial charge in [0.2, 0.25) is 0 Å². The molecule has 0 aliphatic carbocycles. The highest BCUT2D eigenvalue weighted by Gasteiger charge is 2.33. The standard InChI is InChI=1S/C23H24N4O6/c1-24-21(29)18-4-2-3-5-19(18)22(30)25-12-17-13-27(23(31)33-17)16-8-6-15(7-9-16)26-10-11-32-14-20(26)28/h2-9,17H,10-14H2,1H3,(H,24,29)(H,25,30). The molecular weight excluding hydrogens is 428 g/mol. The molecule has 0 radical (unpaired) electrons. The van der Waals surface area contributed by atoms with Crippen LogP contribution in [0.3, 0.4) is 0 Å². The van der Waals surface area contributed by atoms with Gasteiger partial charge in [0.15, 0.2) is 0 Å². The lowest BCUT2D eigenvalue weighted by atomic mass is 10.1. The molecule has 2 fully saturated rings. The topological polar surface area (TPSA) is 117 Å². The second-order valence-electron chi connectivity index (χ2n) is 7.57. The first-order chi connectivity index (χ1) is 16.0. The van der Waals surface area contributed by atoms with Crippen LogP contribution in [0.25, 0.3) is 0 Å². The molecule has 10 nitrogen and oxygen atoms in total. The summed E-state index contributed by atoms with van der Waals surface area (Å²) < 4.78 is 10.5. The quantitative estimate of drug-likeness (QED) is 0.680. The van der Waals surface area contributed by atoms with Crippen LogP contribution in [0.1, 0.15) is 20.7 Å². The molecule has 2 N–H and O–H groups in total. The van der Waals surface area contributed by atoms with Crippen LogP contribution in [0.4, 0.5) is 16.2 Å². The number of benzene rings is 2. The molecule has 10 heteroatoms. The molecule has 2 saturated heterocycles. The van der Waals surface area contributed by atoms with Crippen LogP contribution in [0.2, 0.25) is 0 Å². The third kappa shape index (κ3) is 4.80. The summed E-state index contributed by atoms with van der Waals surface area (Å²) in [6.07, 6.45) is -1.07. The Hall–Kier alpha value is -3.92. The molecule has 1 unspecified atom stereocenters. The van der Waals surface area contributed by atoms with Crippen molar-refractivity contribution in [3.8, 4) is 0 Å². The number of ether oxygens (including phenoxy) is 2. The number of carbonyl (C=O) groups excluding carboxylic acids is 4. The second kappa shape index (κ2) is 9.70. The summed E-state index contributed by atoms with van der Waals surface area (Å²) in [5.74, 6) is -0.895. The van der Waals surface area contributed by atoms with Gasteiger partial charge in [-0.3, -0.25) is 19.3 Å². The molecule has 2 aromatic carbocycles. The lowest BCUT2D eigenvalue weighted by Crippen LogP contribution is -2.41. The van der Waals surface area contributed by atoms with E-state index in [4.69, 9.17) is 9.47 Å². The van der Waals surface area contributed by atoms with Gasteiger partial charge in [-0.15, -0.1) is 0 Å². The first-order valence-corrected chi connectivity index (χ1v) is 10.5. The third-order valence-electron chi connectivity index (χ3n) is 5.47. The number of morpholine rings is 1. The first kappa shape index (κ1) is 22.3. The molecule has 1 atom stereocenters. The summed E-state index contributed by atoms with van der Waals surface area (Å²) in [4.78, 5) is 52.1. The largest absolute Gasteiger partial charge is 0.442 e. The highest BCUT2D eigenvalue weighted by molar-refractivity contribution is 6.07. The third-order valence-corrected chi connectivity index (χ3v) is 5.47. The van der Waals surface area contributed by atoms with Crippen LogP contribution in [0, 0.1) is 0 Å². The summed E-state index contributed by atoms with van der Waals surface area (Å²) in [7, 11) is 1.49. The summed E-state index contributed by atoms with van der Waals surface area (Å²) in [5.41, 5.74) is 1.87. The number of rotatable bonds is 6. The van der Waals surface area contributed by atoms with Crippen LogP contribution >= 0.6 is 0 Å². The average molecular weight is 452 g/mol. The van der Waals surface area contributed by atoms with E-state index in [9.17, 15) is 19.2 Å². The van der Waals surface area contributed by atoms with E-state index in [1.54, 1.807) is 53.4 Å². The van der Waals surface area contributed by atoms with Crippen molar-refractivity contribution in [2.45, 2.75) is 6.10 Å². The van der Waals surface area contributed by atoms with Gasteiger partial charge in [0.25, 0.3) is 17.7 Å². The van der Waals surface area contributed by atoms with Crippen LogP contribution < -0.4 is 20.4 Å². The van der Waals surface area contributed by atoms with Gasteiger partial charge in [-0.1, -0.05) is 12.1 Å². The van der Waals surface area contributed by atoms with Gasteiger partial charge in [0.05, 0.1) is 30.8 Å². The molecule has 4 rings (SSSR count). The Bertz CT molecular complexity index is 1070. The Morgan fingerprint density at radius 3 is 2.24 bits per heavy atom. The minimum absolute atomic E-state index is 0.0567. The molecule has 172 valence electrons. The molecule has 2 aliphatic heterocycles. The van der Waals surface area contributed by atoms with Gasteiger partial charge < -0.3 is 25.0 Å². The molecule has 2 aliphatic rings. The number of amides is 4. The number of nitrogens with zero attached hydrogens (tertiary/aromatic N) is 2. The van der Waals surface area contributed by atoms with E-state index >= 15 is 0 Å². The minimum Gasteiger partial charge on any atom is -0.442 e. The zero-order chi connectivity index (χ0) is 23.4. The fourth-order valence-electron chi connectivity index (χ4n) is 3.76. The maximum Gasteiger partial charge on any atom is 0.414 e. The van der Waals surface area contributed by atoms with Gasteiger partial charge in [0, 0.05) is 25.0 Å². The van der Waals surface area contributed by atoms with E-state index in [1.165, 1.54) is 11.9 Å². The molecule has 2 heterocycles. The first-order valence-electron chi connectivity index (χ1n) is 10.5. The Balaban J connectivity index is 1.37. The lowest BCUT2D eigenvalue weighted by Gasteiger charge is -2.27. The molecule has 0 aromatic heterocycles. The summed E-state index contributed by atoms with van der Waals surface area (Å²) >= 11 is 0. The highest BCUT2D eigenvalue weighted by atomic mass is 16.6. The van der Waals surface area contributed by atoms with Gasteiger partial charge in [0.1, 0.15) is 12.7 Å². The molecule has 0 saturated carbocycles. The van der Waals surface area contributed by atoms with Crippen molar-refractivity contribution in [2.75, 3.05) is 49.7 Å². The van der Waals surface area contributed by atoms with Crippen LogP contribution in [-0.4, -0.2) is 69.8 Å². The molecule has 2 aromatic rings.